The number of ether oxygens (including phenoxy) is 1. The Morgan fingerprint density at radius 3 is 2.76 bits per heavy atom. The molecular formula is C15H17N3O3. The Morgan fingerprint density at radius 1 is 1.43 bits per heavy atom. The minimum atomic E-state index is -1.32. The van der Waals surface area contributed by atoms with E-state index in [1.54, 1.807) is 18.2 Å². The topological polar surface area (TPSA) is 111 Å². The maximum absolute atomic E-state index is 10.8. The quantitative estimate of drug-likeness (QED) is 0.215. The highest BCUT2D eigenvalue weighted by Crippen LogP contribution is 2.25. The summed E-state index contributed by atoms with van der Waals surface area (Å²) in [4.78, 5) is 10.8. The Balaban J connectivity index is 2.14. The number of nitrogens with two attached hydrogens (primary N) is 2. The molecule has 0 heterocycles. The van der Waals surface area contributed by atoms with Crippen molar-refractivity contribution in [3.63, 3.8) is 0 Å². The van der Waals surface area contributed by atoms with Crippen molar-refractivity contribution in [2.75, 3.05) is 0 Å². The summed E-state index contributed by atoms with van der Waals surface area (Å²) in [6.07, 6.45) is 3.55. The molecule has 0 spiro atoms. The van der Waals surface area contributed by atoms with E-state index in [4.69, 9.17) is 21.4 Å². The molecule has 6 N–H and O–H groups in total. The highest BCUT2D eigenvalue weighted by atomic mass is 16.5. The van der Waals surface area contributed by atoms with Gasteiger partial charge < -0.3 is 15.6 Å². The zero-order valence-electron chi connectivity index (χ0n) is 11.4. The molecule has 0 bridgehead atoms. The number of carbonyl (C=O) groups is 1. The fraction of sp³-hybridized carbons (Fsp3) is 0.267. The summed E-state index contributed by atoms with van der Waals surface area (Å²) in [5, 5.41) is 8.81. The van der Waals surface area contributed by atoms with Crippen LogP contribution >= 0.6 is 0 Å². The van der Waals surface area contributed by atoms with Crippen LogP contribution in [-0.2, 0) is 4.79 Å². The zero-order valence-corrected chi connectivity index (χ0v) is 11.4. The fourth-order valence-electron chi connectivity index (χ4n) is 1.75. The average molecular weight is 287 g/mol. The van der Waals surface area contributed by atoms with Crippen molar-refractivity contribution in [3.8, 4) is 17.6 Å². The Bertz CT molecular complexity index is 625. The van der Waals surface area contributed by atoms with Crippen LogP contribution < -0.4 is 21.7 Å². The number of carboxylic acid groups (broad SMARTS) is 1. The van der Waals surface area contributed by atoms with Crippen molar-refractivity contribution in [1.29, 1.82) is 0 Å². The van der Waals surface area contributed by atoms with Gasteiger partial charge in [-0.3, -0.25) is 5.43 Å². The molecule has 0 saturated heterocycles. The van der Waals surface area contributed by atoms with Crippen LogP contribution in [-0.4, -0.2) is 11.1 Å². The lowest BCUT2D eigenvalue weighted by atomic mass is 9.86. The number of hydrazine groups is 1. The standard InChI is InChI=1S/C15H17N3O3/c16-13(15(19)20)14(18-17)21-12-6-2-5-11(9-12)8-7-10-3-1-4-10/h2,5-6,9-10,18H,1,3-4,16-17H2,(H,19,20)/b14-13+. The van der Waals surface area contributed by atoms with Gasteiger partial charge in [0.1, 0.15) is 5.75 Å². The van der Waals surface area contributed by atoms with Crippen LogP contribution in [0.2, 0.25) is 0 Å². The minimum Gasteiger partial charge on any atom is -0.476 e. The van der Waals surface area contributed by atoms with Gasteiger partial charge in [-0.15, -0.1) is 0 Å². The molecule has 0 atom stereocenters. The Labute approximate surface area is 122 Å². The molecule has 0 amide bonds. The summed E-state index contributed by atoms with van der Waals surface area (Å²) < 4.78 is 5.34. The lowest BCUT2D eigenvalue weighted by Gasteiger charge is -2.18. The van der Waals surface area contributed by atoms with Gasteiger partial charge in [0.15, 0.2) is 5.70 Å². The number of benzene rings is 1. The molecule has 0 aliphatic heterocycles. The predicted octanol–water partition coefficient (Wildman–Crippen LogP) is 0.893. The summed E-state index contributed by atoms with van der Waals surface area (Å²) in [6.45, 7) is 0. The number of hydrogen-bond donors (Lipinski definition) is 4. The highest BCUT2D eigenvalue weighted by Gasteiger charge is 2.14. The van der Waals surface area contributed by atoms with Crippen molar-refractivity contribution in [2.45, 2.75) is 19.3 Å². The maximum Gasteiger partial charge on any atom is 0.357 e. The first-order valence-corrected chi connectivity index (χ1v) is 6.59. The number of nitrogens with one attached hydrogen (secondary N) is 1. The molecule has 0 radical (unpaired) electrons. The molecule has 21 heavy (non-hydrogen) atoms. The zero-order chi connectivity index (χ0) is 15.2. The molecule has 1 aromatic rings. The van der Waals surface area contributed by atoms with Gasteiger partial charge in [0.25, 0.3) is 0 Å². The van der Waals surface area contributed by atoms with Crippen LogP contribution in [0.3, 0.4) is 0 Å². The van der Waals surface area contributed by atoms with Crippen molar-refractivity contribution in [1.82, 2.24) is 5.43 Å². The molecule has 0 aromatic heterocycles. The Hall–Kier alpha value is -2.65. The first-order chi connectivity index (χ1) is 10.1. The van der Waals surface area contributed by atoms with Crippen LogP contribution in [0.15, 0.2) is 35.8 Å². The van der Waals surface area contributed by atoms with Gasteiger partial charge in [0.05, 0.1) is 0 Å². The first-order valence-electron chi connectivity index (χ1n) is 6.59. The lowest BCUT2D eigenvalue weighted by molar-refractivity contribution is -0.132. The van der Waals surface area contributed by atoms with Gasteiger partial charge in [-0.2, -0.15) is 0 Å². The number of rotatable bonds is 4. The third-order valence-electron chi connectivity index (χ3n) is 3.19. The highest BCUT2D eigenvalue weighted by molar-refractivity contribution is 5.85. The van der Waals surface area contributed by atoms with Gasteiger partial charge in [-0.05, 0) is 31.0 Å². The molecule has 110 valence electrons. The van der Waals surface area contributed by atoms with Crippen LogP contribution in [0, 0.1) is 17.8 Å². The molecule has 1 fully saturated rings. The first kappa shape index (κ1) is 14.8. The predicted molar refractivity (Wildman–Crippen MR) is 77.5 cm³/mol. The average Bonchev–Trinajstić information content (AvgIpc) is 2.42. The summed E-state index contributed by atoms with van der Waals surface area (Å²) in [5.41, 5.74) is 7.80. The summed E-state index contributed by atoms with van der Waals surface area (Å²) in [6, 6.07) is 7.00. The van der Waals surface area contributed by atoms with Crippen molar-refractivity contribution in [2.24, 2.45) is 17.5 Å². The maximum atomic E-state index is 10.8. The number of aliphatic carboxylic acids is 1. The van der Waals surface area contributed by atoms with Crippen molar-refractivity contribution >= 4 is 5.97 Å². The van der Waals surface area contributed by atoms with E-state index >= 15 is 0 Å². The molecule has 2 rings (SSSR count). The van der Waals surface area contributed by atoms with E-state index in [9.17, 15) is 4.79 Å². The normalized spacial score (nSPS) is 15.1. The van der Waals surface area contributed by atoms with Gasteiger partial charge in [-0.25, -0.2) is 10.6 Å². The molecule has 1 saturated carbocycles. The van der Waals surface area contributed by atoms with Crippen LogP contribution in [0.4, 0.5) is 0 Å². The van der Waals surface area contributed by atoms with E-state index in [0.717, 1.165) is 18.4 Å². The molecule has 1 aromatic carbocycles. The molecule has 0 unspecified atom stereocenters. The van der Waals surface area contributed by atoms with E-state index in [1.165, 1.54) is 6.42 Å². The monoisotopic (exact) mass is 287 g/mol. The molecule has 6 nitrogen and oxygen atoms in total. The molecule has 6 heteroatoms. The van der Waals surface area contributed by atoms with Crippen molar-refractivity contribution < 1.29 is 14.6 Å². The number of hydrogen-bond acceptors (Lipinski definition) is 5. The molecular weight excluding hydrogens is 270 g/mol. The SMILES string of the molecule is NN/C(Oc1cccc(C#CC2CCC2)c1)=C(\N)C(=O)O. The molecule has 1 aliphatic carbocycles. The Morgan fingerprint density at radius 2 is 2.19 bits per heavy atom. The van der Waals surface area contributed by atoms with Crippen LogP contribution in [0.1, 0.15) is 24.8 Å². The number of carboxylic acids is 1. The second-order valence-electron chi connectivity index (χ2n) is 4.72. The largest absolute Gasteiger partial charge is 0.476 e. The fourth-order valence-corrected chi connectivity index (χ4v) is 1.75. The van der Waals surface area contributed by atoms with E-state index in [1.807, 2.05) is 6.07 Å². The van der Waals surface area contributed by atoms with Gasteiger partial charge in [0.2, 0.25) is 5.88 Å². The second kappa shape index (κ2) is 6.68. The van der Waals surface area contributed by atoms with Crippen LogP contribution in [0.5, 0.6) is 5.75 Å². The third kappa shape index (κ3) is 3.91. The van der Waals surface area contributed by atoms with Gasteiger partial charge in [-0.1, -0.05) is 24.3 Å². The van der Waals surface area contributed by atoms with E-state index in [2.05, 4.69) is 17.3 Å². The summed E-state index contributed by atoms with van der Waals surface area (Å²) >= 11 is 0. The summed E-state index contributed by atoms with van der Waals surface area (Å²) in [5.74, 6) is 10.9. The minimum absolute atomic E-state index is 0.216. The second-order valence-corrected chi connectivity index (χ2v) is 4.72. The van der Waals surface area contributed by atoms with E-state index < -0.39 is 11.7 Å². The van der Waals surface area contributed by atoms with Gasteiger partial charge >= 0.3 is 5.97 Å². The van der Waals surface area contributed by atoms with Gasteiger partial charge in [0, 0.05) is 11.5 Å². The van der Waals surface area contributed by atoms with Crippen molar-refractivity contribution in [3.05, 3.63) is 41.4 Å². The lowest BCUT2D eigenvalue weighted by Crippen LogP contribution is -2.31. The third-order valence-corrected chi connectivity index (χ3v) is 3.19. The summed E-state index contributed by atoms with van der Waals surface area (Å²) in [7, 11) is 0. The van der Waals surface area contributed by atoms with Crippen LogP contribution in [0.25, 0.3) is 0 Å². The van der Waals surface area contributed by atoms with E-state index in [-0.39, 0.29) is 5.88 Å². The smallest absolute Gasteiger partial charge is 0.357 e. The molecule has 1 aliphatic rings. The van der Waals surface area contributed by atoms with E-state index in [0.29, 0.717) is 11.7 Å². The Kier molecular flexibility index (Phi) is 4.69.